The van der Waals surface area contributed by atoms with Gasteiger partial charge in [0, 0.05) is 36.4 Å². The molecular formula is C22H18ClFN4O4. The number of halogens is 2. The van der Waals surface area contributed by atoms with Gasteiger partial charge >= 0.3 is 0 Å². The number of benzene rings is 2. The highest BCUT2D eigenvalue weighted by Crippen LogP contribution is 2.39. The van der Waals surface area contributed by atoms with E-state index in [1.54, 1.807) is 12.1 Å². The minimum atomic E-state index is -0.532. The summed E-state index contributed by atoms with van der Waals surface area (Å²) in [4.78, 5) is 34.7. The number of rotatable bonds is 5. The molecule has 0 radical (unpaired) electrons. The first-order valence-electron chi connectivity index (χ1n) is 10.1. The highest BCUT2D eigenvalue weighted by Gasteiger charge is 2.34. The number of carbonyl (C=O) groups excluding carboxylic acids is 2. The van der Waals surface area contributed by atoms with E-state index in [1.165, 1.54) is 24.5 Å². The van der Waals surface area contributed by atoms with E-state index < -0.39 is 5.82 Å². The van der Waals surface area contributed by atoms with Gasteiger partial charge in [-0.25, -0.2) is 19.3 Å². The maximum atomic E-state index is 13.5. The van der Waals surface area contributed by atoms with Gasteiger partial charge in [-0.2, -0.15) is 0 Å². The molecule has 2 saturated heterocycles. The Balaban J connectivity index is 1.60. The van der Waals surface area contributed by atoms with Crippen molar-refractivity contribution in [1.29, 1.82) is 0 Å². The minimum Gasteiger partial charge on any atom is -0.486 e. The number of nitrogens with one attached hydrogen (secondary N) is 1. The number of hydrogen-bond acceptors (Lipinski definition) is 7. The Morgan fingerprint density at radius 1 is 1.16 bits per heavy atom. The largest absolute Gasteiger partial charge is 0.486 e. The Kier molecular flexibility index (Phi) is 5.36. The van der Waals surface area contributed by atoms with Gasteiger partial charge in [0.1, 0.15) is 29.8 Å². The number of fused-ring (bicyclic) bond motifs is 1. The van der Waals surface area contributed by atoms with Crippen LogP contribution in [0.1, 0.15) is 19.3 Å². The van der Waals surface area contributed by atoms with Crippen LogP contribution in [0.15, 0.2) is 36.7 Å². The van der Waals surface area contributed by atoms with Crippen molar-refractivity contribution in [2.24, 2.45) is 0 Å². The van der Waals surface area contributed by atoms with Crippen LogP contribution in [-0.2, 0) is 14.3 Å². The van der Waals surface area contributed by atoms with Crippen molar-refractivity contribution in [3.8, 4) is 5.75 Å². The summed E-state index contributed by atoms with van der Waals surface area (Å²) in [5.74, 6) is -0.326. The summed E-state index contributed by atoms with van der Waals surface area (Å²) in [6.45, 7) is 1.02. The topological polar surface area (TPSA) is 93.7 Å². The SMILES string of the molecule is O=C1CCC(=O)N1c1cc2c(Nc3ccc(F)c(Cl)c3)ncnc2cc1O[C@H]1CCOC1. The standard InChI is InChI=1S/C22H18ClFN4O4/c23-15-7-12(1-2-16(15)24)27-22-14-8-18(28-20(29)3-4-21(28)30)19(9-17(14)25-11-26-22)32-13-5-6-31-10-13/h1-2,7-9,11,13H,3-6,10H2,(H,25,26,27)/t13-/m0/s1. The average molecular weight is 457 g/mol. The smallest absolute Gasteiger partial charge is 0.234 e. The molecule has 32 heavy (non-hydrogen) atoms. The van der Waals surface area contributed by atoms with Crippen molar-refractivity contribution < 1.29 is 23.5 Å². The predicted octanol–water partition coefficient (Wildman–Crippen LogP) is 3.99. The highest BCUT2D eigenvalue weighted by molar-refractivity contribution is 6.31. The fourth-order valence-corrected chi connectivity index (χ4v) is 3.96. The van der Waals surface area contributed by atoms with Gasteiger partial charge in [-0.3, -0.25) is 9.59 Å². The lowest BCUT2D eigenvalue weighted by atomic mass is 10.1. The zero-order valence-corrected chi connectivity index (χ0v) is 17.6. The van der Waals surface area contributed by atoms with Crippen LogP contribution in [-0.4, -0.2) is 41.1 Å². The van der Waals surface area contributed by atoms with Crippen molar-refractivity contribution in [2.45, 2.75) is 25.4 Å². The summed E-state index contributed by atoms with van der Waals surface area (Å²) in [5.41, 5.74) is 1.41. The van der Waals surface area contributed by atoms with Gasteiger partial charge in [0.05, 0.1) is 29.4 Å². The first kappa shape index (κ1) is 20.6. The molecule has 2 amide bonds. The zero-order chi connectivity index (χ0) is 22.2. The van der Waals surface area contributed by atoms with Crippen LogP contribution < -0.4 is 15.0 Å². The number of ether oxygens (including phenoxy) is 2. The normalized spacial score (nSPS) is 18.6. The number of amides is 2. The third kappa shape index (κ3) is 3.85. The number of anilines is 3. The van der Waals surface area contributed by atoms with Crippen molar-refractivity contribution in [1.82, 2.24) is 9.97 Å². The summed E-state index contributed by atoms with van der Waals surface area (Å²) >= 11 is 5.89. The van der Waals surface area contributed by atoms with Gasteiger partial charge in [-0.15, -0.1) is 0 Å². The molecule has 2 aliphatic heterocycles. The van der Waals surface area contributed by atoms with Crippen LogP contribution in [0.2, 0.25) is 5.02 Å². The Labute approximate surface area is 187 Å². The van der Waals surface area contributed by atoms with Crippen LogP contribution in [0.3, 0.4) is 0 Å². The molecular weight excluding hydrogens is 439 g/mol. The van der Waals surface area contributed by atoms with Gasteiger partial charge in [0.25, 0.3) is 0 Å². The van der Waals surface area contributed by atoms with Gasteiger partial charge in [-0.05, 0) is 24.3 Å². The third-order valence-corrected chi connectivity index (χ3v) is 5.66. The van der Waals surface area contributed by atoms with Crippen molar-refractivity contribution in [2.75, 3.05) is 23.4 Å². The van der Waals surface area contributed by atoms with Crippen LogP contribution >= 0.6 is 11.6 Å². The van der Waals surface area contributed by atoms with E-state index in [0.29, 0.717) is 53.5 Å². The molecule has 3 aromatic rings. The van der Waals surface area contributed by atoms with E-state index in [1.807, 2.05) is 0 Å². The van der Waals surface area contributed by atoms with Crippen molar-refractivity contribution in [3.63, 3.8) is 0 Å². The monoisotopic (exact) mass is 456 g/mol. The Bertz CT molecular complexity index is 1220. The summed E-state index contributed by atoms with van der Waals surface area (Å²) in [6, 6.07) is 7.57. The molecule has 2 aromatic carbocycles. The number of carbonyl (C=O) groups is 2. The Hall–Kier alpha value is -3.30. The second-order valence-electron chi connectivity index (χ2n) is 7.54. The predicted molar refractivity (Wildman–Crippen MR) is 116 cm³/mol. The lowest BCUT2D eigenvalue weighted by Gasteiger charge is -2.22. The Morgan fingerprint density at radius 3 is 2.69 bits per heavy atom. The maximum absolute atomic E-state index is 13.5. The second-order valence-corrected chi connectivity index (χ2v) is 7.95. The molecule has 10 heteroatoms. The van der Waals surface area contributed by atoms with Crippen molar-refractivity contribution in [3.05, 3.63) is 47.5 Å². The van der Waals surface area contributed by atoms with E-state index in [9.17, 15) is 14.0 Å². The fourth-order valence-electron chi connectivity index (χ4n) is 3.78. The number of hydrogen-bond donors (Lipinski definition) is 1. The molecule has 164 valence electrons. The van der Waals surface area contributed by atoms with E-state index in [2.05, 4.69) is 15.3 Å². The molecule has 3 heterocycles. The minimum absolute atomic E-state index is 0.0308. The quantitative estimate of drug-likeness (QED) is 0.580. The molecule has 0 bridgehead atoms. The van der Waals surface area contributed by atoms with Gasteiger partial charge in [0.15, 0.2) is 0 Å². The van der Waals surface area contributed by atoms with E-state index in [0.717, 1.165) is 4.90 Å². The number of aromatic nitrogens is 2. The average Bonchev–Trinajstić information content (AvgIpc) is 3.40. The van der Waals surface area contributed by atoms with Gasteiger partial charge < -0.3 is 14.8 Å². The zero-order valence-electron chi connectivity index (χ0n) is 16.8. The van der Waals surface area contributed by atoms with Crippen LogP contribution in [0.25, 0.3) is 10.9 Å². The van der Waals surface area contributed by atoms with Gasteiger partial charge in [0.2, 0.25) is 11.8 Å². The molecule has 0 aliphatic carbocycles. The lowest BCUT2D eigenvalue weighted by molar-refractivity contribution is -0.121. The molecule has 5 rings (SSSR count). The van der Waals surface area contributed by atoms with Crippen molar-refractivity contribution >= 4 is 51.5 Å². The molecule has 2 fully saturated rings. The van der Waals surface area contributed by atoms with Gasteiger partial charge in [-0.1, -0.05) is 11.6 Å². The molecule has 8 nitrogen and oxygen atoms in total. The third-order valence-electron chi connectivity index (χ3n) is 5.37. The van der Waals surface area contributed by atoms with Crippen LogP contribution in [0, 0.1) is 5.82 Å². The molecule has 1 aromatic heterocycles. The fraction of sp³-hybridized carbons (Fsp3) is 0.273. The Morgan fingerprint density at radius 2 is 1.97 bits per heavy atom. The molecule has 0 saturated carbocycles. The maximum Gasteiger partial charge on any atom is 0.234 e. The molecule has 0 spiro atoms. The van der Waals surface area contributed by atoms with Crippen LogP contribution in [0.5, 0.6) is 5.75 Å². The first-order chi connectivity index (χ1) is 15.5. The summed E-state index contributed by atoms with van der Waals surface area (Å²) in [5, 5.41) is 3.63. The summed E-state index contributed by atoms with van der Waals surface area (Å²) in [6.07, 6.45) is 2.20. The highest BCUT2D eigenvalue weighted by atomic mass is 35.5. The second kappa shape index (κ2) is 8.33. The van der Waals surface area contributed by atoms with Crippen LogP contribution in [0.4, 0.5) is 21.6 Å². The number of imide groups is 1. The van der Waals surface area contributed by atoms with E-state index in [-0.39, 0.29) is 35.8 Å². The van der Waals surface area contributed by atoms with E-state index >= 15 is 0 Å². The van der Waals surface area contributed by atoms with E-state index in [4.69, 9.17) is 21.1 Å². The summed E-state index contributed by atoms with van der Waals surface area (Å²) in [7, 11) is 0. The summed E-state index contributed by atoms with van der Waals surface area (Å²) < 4.78 is 25.0. The molecule has 1 N–H and O–H groups in total. The molecule has 1 atom stereocenters. The number of nitrogens with zero attached hydrogens (tertiary/aromatic N) is 3. The lowest BCUT2D eigenvalue weighted by Crippen LogP contribution is -2.30. The molecule has 2 aliphatic rings. The molecule has 0 unspecified atom stereocenters. The first-order valence-corrected chi connectivity index (χ1v) is 10.5.